The molecule has 0 aromatic heterocycles. The number of nitroso groups, excluding NO2 is 1. The molecule has 2 saturated heterocycles. The van der Waals surface area contributed by atoms with E-state index < -0.39 is 72.7 Å². The molecule has 0 aliphatic carbocycles. The molecule has 7 atom stereocenters. The molecule has 9 N–H and O–H groups in total. The number of fused-ring (bicyclic) bond motifs is 1. The monoisotopic (exact) mass is 703 g/mol. The Morgan fingerprint density at radius 2 is 1.74 bits per heavy atom. The van der Waals surface area contributed by atoms with Crippen LogP contribution >= 0.6 is 0 Å². The maximum atomic E-state index is 14.1. The van der Waals surface area contributed by atoms with Gasteiger partial charge >= 0.3 is 6.03 Å². The molecule has 1 aromatic carbocycles. The Kier molecular flexibility index (Phi) is 15.7. The Hall–Kier alpha value is -3.96. The summed E-state index contributed by atoms with van der Waals surface area (Å²) in [4.78, 5) is 68.1. The molecule has 3 rings (SSSR count). The number of nitrogens with one attached hydrogen (secondary N) is 3. The number of hydrogen-bond acceptors (Lipinski definition) is 12. The highest BCUT2D eigenvalue weighted by molar-refractivity contribution is 5.97. The zero-order chi connectivity index (χ0) is 37.0. The Balaban J connectivity index is 2.05. The summed E-state index contributed by atoms with van der Waals surface area (Å²) in [5.41, 5.74) is 6.26. The summed E-state index contributed by atoms with van der Waals surface area (Å²) in [7, 11) is 0. The summed E-state index contributed by atoms with van der Waals surface area (Å²) in [6.07, 6.45) is -2.31. The number of amides is 5. The van der Waals surface area contributed by atoms with Crippen LogP contribution in [0.1, 0.15) is 70.5 Å². The molecule has 50 heavy (non-hydrogen) atoms. The zero-order valence-corrected chi connectivity index (χ0v) is 28.9. The second-order valence-corrected chi connectivity index (χ2v) is 13.5. The van der Waals surface area contributed by atoms with Crippen molar-refractivity contribution in [2.75, 3.05) is 32.8 Å². The highest BCUT2D eigenvalue weighted by atomic mass is 16.3. The number of imide groups is 1. The third-order valence-electron chi connectivity index (χ3n) is 9.16. The van der Waals surface area contributed by atoms with E-state index in [-0.39, 0.29) is 69.2 Å². The largest absolute Gasteiger partial charge is 0.396 e. The molecular weight excluding hydrogens is 650 g/mol. The average Bonchev–Trinajstić information content (AvgIpc) is 3.49. The van der Waals surface area contributed by atoms with Gasteiger partial charge in [0.15, 0.2) is 0 Å². The summed E-state index contributed by atoms with van der Waals surface area (Å²) < 4.78 is 0. The number of urea groups is 1. The fourth-order valence-electron chi connectivity index (χ4n) is 6.14. The molecular formula is C34H53N7O9. The molecule has 2 aliphatic heterocycles. The standard InChI is InChI=1S/C34H53N7O9/c1-20(2)12-15-40-33(48)30(28(44)11-13-35)37-21(3)26(17-29(45)22-7-9-24(39-50)10-8-22)38-31(46)27-16-25(43)18-41(27)32(47)23(19-42)6-4-5-14-36-34(40)49/h7-10,20,23,25-30,37,42-45H,3-6,11-19,35H2,1-2H3,(H,36,49)(H,38,46)/t23?,25?,26?,27?,28?,29-,30?/m1/s1. The molecule has 16 nitrogen and oxygen atoms in total. The number of nitrogens with two attached hydrogens (primary N) is 1. The highest BCUT2D eigenvalue weighted by Gasteiger charge is 2.42. The molecule has 16 heteroatoms. The lowest BCUT2D eigenvalue weighted by molar-refractivity contribution is -0.143. The van der Waals surface area contributed by atoms with Crippen molar-refractivity contribution < 1.29 is 39.6 Å². The summed E-state index contributed by atoms with van der Waals surface area (Å²) in [6.45, 7) is 7.57. The maximum Gasteiger partial charge on any atom is 0.324 e. The van der Waals surface area contributed by atoms with E-state index in [1.54, 1.807) is 0 Å². The van der Waals surface area contributed by atoms with Gasteiger partial charge < -0.3 is 47.0 Å². The van der Waals surface area contributed by atoms with E-state index in [4.69, 9.17) is 5.73 Å². The Morgan fingerprint density at radius 3 is 2.36 bits per heavy atom. The molecule has 0 spiro atoms. The van der Waals surface area contributed by atoms with Crippen molar-refractivity contribution in [1.29, 1.82) is 0 Å². The Labute approximate surface area is 292 Å². The van der Waals surface area contributed by atoms with Crippen molar-refractivity contribution in [3.63, 3.8) is 0 Å². The molecule has 2 fully saturated rings. The van der Waals surface area contributed by atoms with Crippen LogP contribution in [0.2, 0.25) is 0 Å². The predicted molar refractivity (Wildman–Crippen MR) is 184 cm³/mol. The van der Waals surface area contributed by atoms with Crippen LogP contribution < -0.4 is 21.7 Å². The predicted octanol–water partition coefficient (Wildman–Crippen LogP) is 0.513. The SMILES string of the molecule is C=C1NC(C(O)CCN)C(=O)N(CCC(C)C)C(=O)NCCCCC(CO)C(=O)N2CC(O)CC2C(=O)NC1C[C@@H](O)c1ccc(N=O)cc1. The summed E-state index contributed by atoms with van der Waals surface area (Å²) in [5, 5.41) is 54.3. The number of benzene rings is 1. The smallest absolute Gasteiger partial charge is 0.324 e. The van der Waals surface area contributed by atoms with Crippen molar-refractivity contribution in [3.05, 3.63) is 47.0 Å². The van der Waals surface area contributed by atoms with Crippen LogP contribution in [-0.4, -0.2) is 117 Å². The number of carbonyl (C=O) groups excluding carboxylic acids is 4. The lowest BCUT2D eigenvalue weighted by Gasteiger charge is -2.34. The number of carbonyl (C=O) groups is 4. The molecule has 2 aliphatic rings. The molecule has 6 unspecified atom stereocenters. The van der Waals surface area contributed by atoms with Crippen LogP contribution in [0, 0.1) is 16.7 Å². The molecule has 0 bridgehead atoms. The van der Waals surface area contributed by atoms with E-state index >= 15 is 0 Å². The van der Waals surface area contributed by atoms with Crippen LogP contribution in [0.4, 0.5) is 10.5 Å². The fourth-order valence-corrected chi connectivity index (χ4v) is 6.14. The number of hydrogen-bond donors (Lipinski definition) is 8. The molecule has 2 heterocycles. The van der Waals surface area contributed by atoms with Crippen LogP contribution in [0.15, 0.2) is 41.7 Å². The van der Waals surface area contributed by atoms with E-state index in [0.717, 1.165) is 4.90 Å². The average molecular weight is 704 g/mol. The van der Waals surface area contributed by atoms with Gasteiger partial charge in [-0.1, -0.05) is 39.0 Å². The van der Waals surface area contributed by atoms with Gasteiger partial charge in [-0.15, -0.1) is 4.91 Å². The quantitative estimate of drug-likeness (QED) is 0.148. The minimum Gasteiger partial charge on any atom is -0.396 e. The van der Waals surface area contributed by atoms with Gasteiger partial charge in [-0.3, -0.25) is 19.3 Å². The molecule has 0 radical (unpaired) electrons. The van der Waals surface area contributed by atoms with Crippen LogP contribution in [-0.2, 0) is 14.4 Å². The second-order valence-electron chi connectivity index (χ2n) is 13.5. The minimum absolute atomic E-state index is 0.00740. The van der Waals surface area contributed by atoms with Gasteiger partial charge in [0.25, 0.3) is 5.91 Å². The van der Waals surface area contributed by atoms with Crippen molar-refractivity contribution in [3.8, 4) is 0 Å². The van der Waals surface area contributed by atoms with Gasteiger partial charge in [-0.05, 0) is 61.0 Å². The maximum absolute atomic E-state index is 14.1. The zero-order valence-electron chi connectivity index (χ0n) is 28.9. The van der Waals surface area contributed by atoms with Crippen LogP contribution in [0.3, 0.4) is 0 Å². The number of nitrogens with zero attached hydrogens (tertiary/aromatic N) is 3. The van der Waals surface area contributed by atoms with Crippen LogP contribution in [0.5, 0.6) is 0 Å². The van der Waals surface area contributed by atoms with Gasteiger partial charge in [0, 0.05) is 38.2 Å². The fraction of sp³-hybridized carbons (Fsp3) is 0.647. The van der Waals surface area contributed by atoms with E-state index in [1.165, 1.54) is 29.2 Å². The first-order chi connectivity index (χ1) is 23.8. The summed E-state index contributed by atoms with van der Waals surface area (Å²) in [5.74, 6) is -2.63. The summed E-state index contributed by atoms with van der Waals surface area (Å²) >= 11 is 0. The Bertz CT molecular complexity index is 1330. The van der Waals surface area contributed by atoms with Crippen molar-refractivity contribution in [2.45, 2.75) is 95.2 Å². The van der Waals surface area contributed by atoms with E-state index in [0.29, 0.717) is 24.8 Å². The van der Waals surface area contributed by atoms with E-state index in [2.05, 4.69) is 27.7 Å². The topological polar surface area (TPSA) is 247 Å². The molecule has 278 valence electrons. The molecule has 1 aromatic rings. The number of aliphatic hydroxyl groups excluding tert-OH is 4. The summed E-state index contributed by atoms with van der Waals surface area (Å²) in [6, 6.07) is 1.48. The number of rotatable bonds is 11. The molecule has 5 amide bonds. The second kappa shape index (κ2) is 19.4. The van der Waals surface area contributed by atoms with Crippen molar-refractivity contribution >= 4 is 29.4 Å². The van der Waals surface area contributed by atoms with Crippen molar-refractivity contribution in [2.24, 2.45) is 22.7 Å². The Morgan fingerprint density at radius 1 is 1.04 bits per heavy atom. The van der Waals surface area contributed by atoms with Gasteiger partial charge in [-0.25, -0.2) is 4.79 Å². The first-order valence-corrected chi connectivity index (χ1v) is 17.2. The van der Waals surface area contributed by atoms with Gasteiger partial charge in [0.2, 0.25) is 11.8 Å². The highest BCUT2D eigenvalue weighted by Crippen LogP contribution is 2.26. The molecule has 0 saturated carbocycles. The third kappa shape index (κ3) is 11.0. The van der Waals surface area contributed by atoms with E-state index in [9.17, 15) is 44.5 Å². The van der Waals surface area contributed by atoms with Crippen LogP contribution in [0.25, 0.3) is 0 Å². The lowest BCUT2D eigenvalue weighted by atomic mass is 9.97. The van der Waals surface area contributed by atoms with Gasteiger partial charge in [0.1, 0.15) is 17.8 Å². The minimum atomic E-state index is -1.42. The number of aliphatic hydroxyl groups is 4. The van der Waals surface area contributed by atoms with Gasteiger partial charge in [-0.2, -0.15) is 0 Å². The lowest BCUT2D eigenvalue weighted by Crippen LogP contribution is -2.58. The normalized spacial score (nSPS) is 26.0. The van der Waals surface area contributed by atoms with E-state index in [1.807, 2.05) is 13.8 Å². The van der Waals surface area contributed by atoms with Gasteiger partial charge in [0.05, 0.1) is 36.9 Å². The first kappa shape index (κ1) is 40.5. The third-order valence-corrected chi connectivity index (χ3v) is 9.16. The first-order valence-electron chi connectivity index (χ1n) is 17.2. The van der Waals surface area contributed by atoms with Crippen molar-refractivity contribution in [1.82, 2.24) is 25.8 Å².